The van der Waals surface area contributed by atoms with Gasteiger partial charge in [0.05, 0.1) is 10.8 Å². The second-order valence-electron chi connectivity index (χ2n) is 6.70. The van der Waals surface area contributed by atoms with Crippen LogP contribution >= 0.6 is 23.4 Å². The van der Waals surface area contributed by atoms with Gasteiger partial charge in [-0.3, -0.25) is 4.79 Å². The lowest BCUT2D eigenvalue weighted by molar-refractivity contribution is -0.113. The Morgan fingerprint density at radius 3 is 2.54 bits per heavy atom. The van der Waals surface area contributed by atoms with E-state index >= 15 is 0 Å². The Morgan fingerprint density at radius 1 is 1.21 bits per heavy atom. The topological polar surface area (TPSA) is 29.1 Å². The molecular weight excluding hydrogens is 345 g/mol. The minimum Gasteiger partial charge on any atom is -0.325 e. The van der Waals surface area contributed by atoms with Gasteiger partial charge in [-0.15, -0.1) is 11.8 Å². The van der Waals surface area contributed by atoms with E-state index in [1.54, 1.807) is 0 Å². The number of amides is 1. The molecule has 2 aromatic carbocycles. The molecule has 24 heavy (non-hydrogen) atoms. The number of hydrogen-bond acceptors (Lipinski definition) is 2. The highest BCUT2D eigenvalue weighted by Crippen LogP contribution is 2.30. The van der Waals surface area contributed by atoms with E-state index in [0.29, 0.717) is 5.69 Å². The van der Waals surface area contributed by atoms with Gasteiger partial charge >= 0.3 is 0 Å². The largest absolute Gasteiger partial charge is 0.325 e. The van der Waals surface area contributed by atoms with E-state index in [0.717, 1.165) is 10.5 Å². The first-order valence-electron chi connectivity index (χ1n) is 7.65. The first-order chi connectivity index (χ1) is 11.2. The zero-order valence-corrected chi connectivity index (χ0v) is 15.8. The molecular formula is C19H21ClFNOS. The van der Waals surface area contributed by atoms with Gasteiger partial charge in [0.15, 0.2) is 0 Å². The third-order valence-corrected chi connectivity index (χ3v) is 5.06. The first kappa shape index (κ1) is 18.8. The van der Waals surface area contributed by atoms with E-state index in [1.165, 1.54) is 35.5 Å². The second-order valence-corrected chi connectivity index (χ2v) is 8.12. The van der Waals surface area contributed by atoms with Crippen LogP contribution in [-0.4, -0.2) is 11.7 Å². The van der Waals surface area contributed by atoms with Crippen LogP contribution in [0.3, 0.4) is 0 Å². The molecule has 0 bridgehead atoms. The predicted molar refractivity (Wildman–Crippen MR) is 101 cm³/mol. The molecule has 0 aromatic heterocycles. The third kappa shape index (κ3) is 4.99. The molecule has 0 aliphatic carbocycles. The summed E-state index contributed by atoms with van der Waals surface area (Å²) in [7, 11) is 0. The van der Waals surface area contributed by atoms with Crippen LogP contribution in [0.25, 0.3) is 0 Å². The summed E-state index contributed by atoms with van der Waals surface area (Å²) in [5.41, 5.74) is 2.94. The van der Waals surface area contributed by atoms with Crippen LogP contribution in [0.15, 0.2) is 41.3 Å². The molecule has 0 heterocycles. The summed E-state index contributed by atoms with van der Waals surface area (Å²) in [5, 5.41) is 2.73. The molecule has 5 heteroatoms. The molecule has 128 valence electrons. The fourth-order valence-electron chi connectivity index (χ4n) is 2.14. The number of nitrogens with one attached hydrogen (secondary N) is 1. The number of halogens is 2. The molecule has 2 aromatic rings. The fourth-order valence-corrected chi connectivity index (χ4v) is 3.18. The SMILES string of the molecule is Cc1ccc(C(C)(C)C)cc1SCC(=O)Nc1ccc(F)c(Cl)c1. The molecule has 0 unspecified atom stereocenters. The van der Waals surface area contributed by atoms with Gasteiger partial charge in [0, 0.05) is 10.6 Å². The minimum absolute atomic E-state index is 0.00539. The monoisotopic (exact) mass is 365 g/mol. The number of carbonyl (C=O) groups is 1. The molecule has 1 N–H and O–H groups in total. The number of anilines is 1. The summed E-state index contributed by atoms with van der Waals surface area (Å²) in [4.78, 5) is 13.2. The maximum absolute atomic E-state index is 13.1. The van der Waals surface area contributed by atoms with Gasteiger partial charge in [0.1, 0.15) is 5.82 Å². The maximum atomic E-state index is 13.1. The third-order valence-electron chi connectivity index (χ3n) is 3.62. The normalized spacial score (nSPS) is 11.4. The van der Waals surface area contributed by atoms with Crippen LogP contribution < -0.4 is 5.32 Å². The molecule has 0 fully saturated rings. The summed E-state index contributed by atoms with van der Waals surface area (Å²) in [6, 6.07) is 10.5. The zero-order valence-electron chi connectivity index (χ0n) is 14.2. The molecule has 1 amide bonds. The van der Waals surface area contributed by atoms with Crippen molar-refractivity contribution >= 4 is 35.0 Å². The van der Waals surface area contributed by atoms with Crippen molar-refractivity contribution in [2.75, 3.05) is 11.1 Å². The molecule has 0 atom stereocenters. The summed E-state index contributed by atoms with van der Waals surface area (Å²) in [5.74, 6) is -0.370. The van der Waals surface area contributed by atoms with Gasteiger partial charge in [-0.05, 0) is 47.7 Å². The van der Waals surface area contributed by atoms with E-state index < -0.39 is 5.82 Å². The number of thioether (sulfide) groups is 1. The van der Waals surface area contributed by atoms with Crippen molar-refractivity contribution in [3.8, 4) is 0 Å². The average Bonchev–Trinajstić information content (AvgIpc) is 2.49. The number of aryl methyl sites for hydroxylation is 1. The van der Waals surface area contributed by atoms with Crippen LogP contribution in [0, 0.1) is 12.7 Å². The van der Waals surface area contributed by atoms with E-state index in [2.05, 4.69) is 44.3 Å². The van der Waals surface area contributed by atoms with Crippen molar-refractivity contribution in [1.29, 1.82) is 0 Å². The van der Waals surface area contributed by atoms with Crippen LogP contribution in [-0.2, 0) is 10.2 Å². The van der Waals surface area contributed by atoms with Gasteiger partial charge in [0.2, 0.25) is 5.91 Å². The lowest BCUT2D eigenvalue weighted by Crippen LogP contribution is -2.14. The first-order valence-corrected chi connectivity index (χ1v) is 9.02. The van der Waals surface area contributed by atoms with Crippen molar-refractivity contribution in [2.24, 2.45) is 0 Å². The molecule has 0 spiro atoms. The molecule has 2 nitrogen and oxygen atoms in total. The Kier molecular flexibility index (Phi) is 5.94. The summed E-state index contributed by atoms with van der Waals surface area (Å²) < 4.78 is 13.1. The van der Waals surface area contributed by atoms with Gasteiger partial charge in [-0.1, -0.05) is 44.5 Å². The standard InChI is InChI=1S/C19H21ClFNOS/c1-12-5-6-13(19(2,3)4)9-17(12)24-11-18(23)22-14-7-8-16(21)15(20)10-14/h5-10H,11H2,1-4H3,(H,22,23). The van der Waals surface area contributed by atoms with Gasteiger partial charge < -0.3 is 5.32 Å². The predicted octanol–water partition coefficient (Wildman–Crippen LogP) is 5.82. The van der Waals surface area contributed by atoms with Gasteiger partial charge in [-0.2, -0.15) is 0 Å². The van der Waals surface area contributed by atoms with E-state index in [9.17, 15) is 9.18 Å². The smallest absolute Gasteiger partial charge is 0.234 e. The highest BCUT2D eigenvalue weighted by molar-refractivity contribution is 8.00. The van der Waals surface area contributed by atoms with Crippen molar-refractivity contribution in [3.05, 3.63) is 58.4 Å². The molecule has 0 aliphatic heterocycles. The quantitative estimate of drug-likeness (QED) is 0.692. The Bertz CT molecular complexity index is 756. The fraction of sp³-hybridized carbons (Fsp3) is 0.316. The lowest BCUT2D eigenvalue weighted by atomic mass is 9.87. The van der Waals surface area contributed by atoms with E-state index in [-0.39, 0.29) is 22.1 Å². The van der Waals surface area contributed by atoms with Crippen molar-refractivity contribution in [1.82, 2.24) is 0 Å². The molecule has 0 saturated carbocycles. The highest BCUT2D eigenvalue weighted by atomic mass is 35.5. The maximum Gasteiger partial charge on any atom is 0.234 e. The number of benzene rings is 2. The summed E-state index contributed by atoms with van der Waals surface area (Å²) in [6.07, 6.45) is 0. The number of rotatable bonds is 4. The summed E-state index contributed by atoms with van der Waals surface area (Å²) in [6.45, 7) is 8.53. The van der Waals surface area contributed by atoms with E-state index in [1.807, 2.05) is 6.92 Å². The van der Waals surface area contributed by atoms with E-state index in [4.69, 9.17) is 11.6 Å². The lowest BCUT2D eigenvalue weighted by Gasteiger charge is -2.20. The average molecular weight is 366 g/mol. The Hall–Kier alpha value is -1.52. The second kappa shape index (κ2) is 7.58. The Balaban J connectivity index is 2.02. The summed E-state index contributed by atoms with van der Waals surface area (Å²) >= 11 is 7.21. The number of hydrogen-bond donors (Lipinski definition) is 1. The molecule has 0 saturated heterocycles. The zero-order chi connectivity index (χ0) is 17.9. The van der Waals surface area contributed by atoms with Crippen LogP contribution in [0.5, 0.6) is 0 Å². The van der Waals surface area contributed by atoms with Crippen LogP contribution in [0.4, 0.5) is 10.1 Å². The molecule has 0 aliphatic rings. The highest BCUT2D eigenvalue weighted by Gasteiger charge is 2.15. The Labute approximate surface area is 151 Å². The van der Waals surface area contributed by atoms with Gasteiger partial charge in [0.25, 0.3) is 0 Å². The van der Waals surface area contributed by atoms with Gasteiger partial charge in [-0.25, -0.2) is 4.39 Å². The molecule has 2 rings (SSSR count). The minimum atomic E-state index is -0.501. The number of carbonyl (C=O) groups excluding carboxylic acids is 1. The molecule has 0 radical (unpaired) electrons. The van der Waals surface area contributed by atoms with Crippen LogP contribution in [0.1, 0.15) is 31.9 Å². The Morgan fingerprint density at radius 2 is 1.92 bits per heavy atom. The van der Waals surface area contributed by atoms with Crippen LogP contribution in [0.2, 0.25) is 5.02 Å². The van der Waals surface area contributed by atoms with Crippen molar-refractivity contribution in [2.45, 2.75) is 38.0 Å². The van der Waals surface area contributed by atoms with Crippen molar-refractivity contribution < 1.29 is 9.18 Å². The van der Waals surface area contributed by atoms with Crippen molar-refractivity contribution in [3.63, 3.8) is 0 Å².